The monoisotopic (exact) mass is 244 g/mol. The molecule has 1 saturated heterocycles. The van der Waals surface area contributed by atoms with Crippen molar-refractivity contribution in [2.24, 2.45) is 5.92 Å². The van der Waals surface area contributed by atoms with Gasteiger partial charge in [-0.1, -0.05) is 31.5 Å². The number of nitrogens with one attached hydrogen (secondary N) is 1. The molecule has 0 bridgehead atoms. The van der Waals surface area contributed by atoms with E-state index in [1.807, 2.05) is 0 Å². The first-order valence-electron chi connectivity index (χ1n) is 7.42. The molecule has 0 amide bonds. The zero-order chi connectivity index (χ0) is 12.4. The van der Waals surface area contributed by atoms with Gasteiger partial charge in [0.05, 0.1) is 0 Å². The van der Waals surface area contributed by atoms with Gasteiger partial charge in [0.15, 0.2) is 0 Å². The highest BCUT2D eigenvalue weighted by atomic mass is 15.1. The molecule has 2 heterocycles. The van der Waals surface area contributed by atoms with E-state index in [-0.39, 0.29) is 0 Å². The van der Waals surface area contributed by atoms with Crippen LogP contribution in [0.15, 0.2) is 24.3 Å². The van der Waals surface area contributed by atoms with Crippen molar-refractivity contribution in [3.63, 3.8) is 0 Å². The molecule has 3 rings (SSSR count). The normalized spacial score (nSPS) is 27.8. The van der Waals surface area contributed by atoms with E-state index in [9.17, 15) is 0 Å². The second kappa shape index (κ2) is 5.31. The average molecular weight is 244 g/mol. The minimum atomic E-state index is 0.734. The summed E-state index contributed by atoms with van der Waals surface area (Å²) in [5, 5.41) is 3.52. The lowest BCUT2D eigenvalue weighted by Crippen LogP contribution is -2.30. The summed E-state index contributed by atoms with van der Waals surface area (Å²) in [6, 6.07) is 8.84. The molecule has 2 atom stereocenters. The molecular weight excluding hydrogens is 220 g/mol. The fourth-order valence-electron chi connectivity index (χ4n) is 3.46. The minimum absolute atomic E-state index is 0.734. The summed E-state index contributed by atoms with van der Waals surface area (Å²) < 4.78 is 0. The summed E-state index contributed by atoms with van der Waals surface area (Å²) in [6.07, 6.45) is 4.03. The number of anilines is 1. The standard InChI is InChI=1S/C16H24N2/c1-2-13-8-10-18(11-13)12-14-7-9-17-16-6-4-3-5-15(14)16/h3-6,13-14,17H,2,7-12H2,1H3. The van der Waals surface area contributed by atoms with Crippen molar-refractivity contribution >= 4 is 5.69 Å². The highest BCUT2D eigenvalue weighted by Crippen LogP contribution is 2.33. The Balaban J connectivity index is 1.67. The first-order valence-corrected chi connectivity index (χ1v) is 7.42. The van der Waals surface area contributed by atoms with Crippen molar-refractivity contribution in [2.45, 2.75) is 32.1 Å². The van der Waals surface area contributed by atoms with E-state index in [1.165, 1.54) is 50.1 Å². The lowest BCUT2D eigenvalue weighted by molar-refractivity contribution is 0.295. The van der Waals surface area contributed by atoms with Gasteiger partial charge in [0.1, 0.15) is 0 Å². The van der Waals surface area contributed by atoms with Crippen LogP contribution in [-0.4, -0.2) is 31.1 Å². The third kappa shape index (κ3) is 2.39. The molecule has 1 aromatic rings. The lowest BCUT2D eigenvalue weighted by Gasteiger charge is -2.30. The van der Waals surface area contributed by atoms with Gasteiger partial charge in [-0.25, -0.2) is 0 Å². The van der Waals surface area contributed by atoms with Gasteiger partial charge in [0.2, 0.25) is 0 Å². The maximum absolute atomic E-state index is 3.52. The van der Waals surface area contributed by atoms with Crippen LogP contribution in [-0.2, 0) is 0 Å². The minimum Gasteiger partial charge on any atom is -0.385 e. The Bertz CT molecular complexity index is 402. The van der Waals surface area contributed by atoms with Crippen LogP contribution in [0.3, 0.4) is 0 Å². The van der Waals surface area contributed by atoms with E-state index in [4.69, 9.17) is 0 Å². The Hall–Kier alpha value is -1.02. The molecule has 0 radical (unpaired) electrons. The molecular formula is C16H24N2. The molecule has 2 unspecified atom stereocenters. The average Bonchev–Trinajstić information content (AvgIpc) is 2.87. The van der Waals surface area contributed by atoms with E-state index in [2.05, 4.69) is 41.4 Å². The highest BCUT2D eigenvalue weighted by Gasteiger charge is 2.26. The van der Waals surface area contributed by atoms with Crippen LogP contribution in [0.5, 0.6) is 0 Å². The molecule has 0 spiro atoms. The van der Waals surface area contributed by atoms with Gasteiger partial charge < -0.3 is 10.2 Å². The summed E-state index contributed by atoms with van der Waals surface area (Å²) in [7, 11) is 0. The van der Waals surface area contributed by atoms with Crippen LogP contribution in [0.4, 0.5) is 5.69 Å². The van der Waals surface area contributed by atoms with Crippen LogP contribution in [0, 0.1) is 5.92 Å². The fraction of sp³-hybridized carbons (Fsp3) is 0.625. The second-order valence-electron chi connectivity index (χ2n) is 5.82. The predicted octanol–water partition coefficient (Wildman–Crippen LogP) is 3.32. The topological polar surface area (TPSA) is 15.3 Å². The van der Waals surface area contributed by atoms with Crippen molar-refractivity contribution < 1.29 is 0 Å². The number of likely N-dealkylation sites (tertiary alicyclic amines) is 1. The molecule has 2 nitrogen and oxygen atoms in total. The lowest BCUT2D eigenvalue weighted by atomic mass is 9.90. The Morgan fingerprint density at radius 2 is 2.17 bits per heavy atom. The van der Waals surface area contributed by atoms with E-state index in [1.54, 1.807) is 0 Å². The smallest absolute Gasteiger partial charge is 0.0376 e. The van der Waals surface area contributed by atoms with Gasteiger partial charge in [-0.05, 0) is 36.9 Å². The van der Waals surface area contributed by atoms with Gasteiger partial charge in [-0.15, -0.1) is 0 Å². The number of hydrogen-bond donors (Lipinski definition) is 1. The molecule has 1 fully saturated rings. The number of rotatable bonds is 3. The molecule has 1 aromatic carbocycles. The quantitative estimate of drug-likeness (QED) is 0.877. The molecule has 2 aliphatic rings. The zero-order valence-corrected chi connectivity index (χ0v) is 11.4. The van der Waals surface area contributed by atoms with Gasteiger partial charge in [-0.3, -0.25) is 0 Å². The Morgan fingerprint density at radius 1 is 1.28 bits per heavy atom. The van der Waals surface area contributed by atoms with Gasteiger partial charge in [0.25, 0.3) is 0 Å². The molecule has 0 saturated carbocycles. The molecule has 98 valence electrons. The van der Waals surface area contributed by atoms with E-state index in [0.29, 0.717) is 0 Å². The largest absolute Gasteiger partial charge is 0.385 e. The SMILES string of the molecule is CCC1CCN(CC2CCNc3ccccc32)C1. The number of para-hydroxylation sites is 1. The van der Waals surface area contributed by atoms with E-state index in [0.717, 1.165) is 18.4 Å². The molecule has 2 aliphatic heterocycles. The fourth-order valence-corrected chi connectivity index (χ4v) is 3.46. The molecule has 0 aromatic heterocycles. The van der Waals surface area contributed by atoms with Gasteiger partial charge in [0, 0.05) is 31.2 Å². The van der Waals surface area contributed by atoms with Crippen LogP contribution in [0.25, 0.3) is 0 Å². The molecule has 18 heavy (non-hydrogen) atoms. The third-order valence-corrected chi connectivity index (χ3v) is 4.63. The maximum Gasteiger partial charge on any atom is 0.0376 e. The first-order chi connectivity index (χ1) is 8.86. The number of benzene rings is 1. The van der Waals surface area contributed by atoms with Crippen molar-refractivity contribution in [2.75, 3.05) is 31.5 Å². The number of nitrogens with zero attached hydrogens (tertiary/aromatic N) is 1. The van der Waals surface area contributed by atoms with Crippen molar-refractivity contribution in [3.05, 3.63) is 29.8 Å². The zero-order valence-electron chi connectivity index (χ0n) is 11.4. The number of hydrogen-bond acceptors (Lipinski definition) is 2. The van der Waals surface area contributed by atoms with Gasteiger partial charge in [-0.2, -0.15) is 0 Å². The predicted molar refractivity (Wildman–Crippen MR) is 77.1 cm³/mol. The van der Waals surface area contributed by atoms with Crippen LogP contribution >= 0.6 is 0 Å². The van der Waals surface area contributed by atoms with Crippen LogP contribution in [0.2, 0.25) is 0 Å². The van der Waals surface area contributed by atoms with E-state index >= 15 is 0 Å². The summed E-state index contributed by atoms with van der Waals surface area (Å²) in [4.78, 5) is 2.68. The Morgan fingerprint density at radius 3 is 3.00 bits per heavy atom. The van der Waals surface area contributed by atoms with Crippen LogP contribution in [0.1, 0.15) is 37.7 Å². The van der Waals surface area contributed by atoms with Crippen molar-refractivity contribution in [3.8, 4) is 0 Å². The molecule has 1 N–H and O–H groups in total. The Kier molecular flexibility index (Phi) is 3.55. The molecule has 0 aliphatic carbocycles. The summed E-state index contributed by atoms with van der Waals surface area (Å²) in [5.74, 6) is 1.68. The van der Waals surface area contributed by atoms with Gasteiger partial charge >= 0.3 is 0 Å². The summed E-state index contributed by atoms with van der Waals surface area (Å²) in [6.45, 7) is 7.35. The number of fused-ring (bicyclic) bond motifs is 1. The van der Waals surface area contributed by atoms with Crippen molar-refractivity contribution in [1.29, 1.82) is 0 Å². The Labute approximate surface area is 110 Å². The maximum atomic E-state index is 3.52. The van der Waals surface area contributed by atoms with Crippen LogP contribution < -0.4 is 5.32 Å². The summed E-state index contributed by atoms with van der Waals surface area (Å²) >= 11 is 0. The third-order valence-electron chi connectivity index (χ3n) is 4.63. The first kappa shape index (κ1) is 12.0. The second-order valence-corrected chi connectivity index (χ2v) is 5.82. The summed E-state index contributed by atoms with van der Waals surface area (Å²) in [5.41, 5.74) is 2.89. The molecule has 2 heteroatoms. The highest BCUT2D eigenvalue weighted by molar-refractivity contribution is 5.54. The van der Waals surface area contributed by atoms with E-state index < -0.39 is 0 Å². The van der Waals surface area contributed by atoms with Crippen molar-refractivity contribution in [1.82, 2.24) is 4.90 Å².